The maximum absolute atomic E-state index is 11.9. The van der Waals surface area contributed by atoms with Crippen LogP contribution in [-0.4, -0.2) is 11.0 Å². The lowest BCUT2D eigenvalue weighted by Crippen LogP contribution is -2.22. The molecule has 1 aromatic carbocycles. The molecule has 0 aliphatic heterocycles. The smallest absolute Gasteiger partial charge is 0.251 e. The number of halogens is 1. The molecule has 2 rings (SSSR count). The van der Waals surface area contributed by atoms with Crippen LogP contribution < -0.4 is 5.32 Å². The number of amides is 1. The van der Waals surface area contributed by atoms with Crippen molar-refractivity contribution in [3.63, 3.8) is 0 Å². The van der Waals surface area contributed by atoms with Gasteiger partial charge in [0.2, 0.25) is 0 Å². The van der Waals surface area contributed by atoms with Gasteiger partial charge >= 0.3 is 0 Å². The van der Waals surface area contributed by atoms with Crippen molar-refractivity contribution < 1.29 is 9.90 Å². The minimum atomic E-state index is -0.185. The fourth-order valence-electron chi connectivity index (χ4n) is 1.47. The van der Waals surface area contributed by atoms with Gasteiger partial charge in [0.25, 0.3) is 5.91 Å². The second-order valence-electron chi connectivity index (χ2n) is 3.92. The lowest BCUT2D eigenvalue weighted by molar-refractivity contribution is 0.0951. The topological polar surface area (TPSA) is 49.3 Å². The van der Waals surface area contributed by atoms with E-state index in [4.69, 9.17) is 0 Å². The van der Waals surface area contributed by atoms with Crippen LogP contribution in [0.1, 0.15) is 20.8 Å². The molecule has 0 fully saturated rings. The Bertz CT molecular complexity index is 580. The summed E-state index contributed by atoms with van der Waals surface area (Å²) in [7, 11) is 0. The fourth-order valence-corrected chi connectivity index (χ4v) is 2.86. The van der Waals surface area contributed by atoms with Crippen LogP contribution in [0, 0.1) is 6.92 Å². The zero-order chi connectivity index (χ0) is 13.1. The first-order valence-electron chi connectivity index (χ1n) is 5.37. The van der Waals surface area contributed by atoms with Crippen molar-refractivity contribution in [1.82, 2.24) is 5.32 Å². The number of thiophene rings is 1. The van der Waals surface area contributed by atoms with Gasteiger partial charge in [0.1, 0.15) is 5.75 Å². The van der Waals surface area contributed by atoms with Crippen LogP contribution in [0.25, 0.3) is 0 Å². The minimum absolute atomic E-state index is 0.140. The summed E-state index contributed by atoms with van der Waals surface area (Å²) in [6, 6.07) is 6.88. The van der Waals surface area contributed by atoms with Crippen molar-refractivity contribution in [3.05, 3.63) is 50.1 Å². The summed E-state index contributed by atoms with van der Waals surface area (Å²) >= 11 is 4.95. The van der Waals surface area contributed by atoms with Gasteiger partial charge in [-0.15, -0.1) is 11.3 Å². The Morgan fingerprint density at radius 1 is 1.44 bits per heavy atom. The van der Waals surface area contributed by atoms with Crippen molar-refractivity contribution in [2.24, 2.45) is 0 Å². The predicted molar refractivity (Wildman–Crippen MR) is 76.0 cm³/mol. The second kappa shape index (κ2) is 5.54. The number of benzene rings is 1. The van der Waals surface area contributed by atoms with Crippen LogP contribution in [0.5, 0.6) is 5.75 Å². The molecular formula is C13H12BrNO2S. The predicted octanol–water partition coefficient (Wildman–Crippen LogP) is 3.45. The van der Waals surface area contributed by atoms with Crippen molar-refractivity contribution in [3.8, 4) is 5.75 Å². The van der Waals surface area contributed by atoms with Gasteiger partial charge < -0.3 is 10.4 Å². The van der Waals surface area contributed by atoms with Crippen LogP contribution in [0.4, 0.5) is 0 Å². The molecule has 0 unspecified atom stereocenters. The van der Waals surface area contributed by atoms with Gasteiger partial charge in [-0.05, 0) is 46.6 Å². The lowest BCUT2D eigenvalue weighted by Gasteiger charge is -2.05. The number of phenolic OH excluding ortho intramolecular Hbond substituents is 1. The third-order valence-electron chi connectivity index (χ3n) is 2.52. The molecule has 2 aromatic rings. The first-order valence-corrected chi connectivity index (χ1v) is 7.04. The summed E-state index contributed by atoms with van der Waals surface area (Å²) in [6.07, 6.45) is 0. The first-order chi connectivity index (χ1) is 8.56. The second-order valence-corrected chi connectivity index (χ2v) is 5.83. The highest BCUT2D eigenvalue weighted by Crippen LogP contribution is 2.20. The fraction of sp³-hybridized carbons (Fsp3) is 0.154. The van der Waals surface area contributed by atoms with E-state index in [0.717, 1.165) is 14.9 Å². The zero-order valence-corrected chi connectivity index (χ0v) is 12.1. The van der Waals surface area contributed by atoms with Crippen molar-refractivity contribution in [2.75, 3.05) is 0 Å². The van der Waals surface area contributed by atoms with E-state index in [0.29, 0.717) is 12.1 Å². The summed E-state index contributed by atoms with van der Waals surface area (Å²) in [5.41, 5.74) is 1.22. The number of rotatable bonds is 3. The summed E-state index contributed by atoms with van der Waals surface area (Å²) in [5.74, 6) is -0.0451. The van der Waals surface area contributed by atoms with Gasteiger partial charge in [-0.3, -0.25) is 4.79 Å². The maximum Gasteiger partial charge on any atom is 0.251 e. The molecule has 2 N–H and O–H groups in total. The lowest BCUT2D eigenvalue weighted by atomic mass is 10.1. The van der Waals surface area contributed by atoms with E-state index in [1.165, 1.54) is 6.07 Å². The Hall–Kier alpha value is -1.33. The van der Waals surface area contributed by atoms with Crippen LogP contribution in [-0.2, 0) is 6.54 Å². The average Bonchev–Trinajstić information content (AvgIpc) is 2.75. The van der Waals surface area contributed by atoms with Gasteiger partial charge in [0, 0.05) is 20.3 Å². The third-order valence-corrected chi connectivity index (χ3v) is 4.21. The largest absolute Gasteiger partial charge is 0.508 e. The molecule has 0 spiro atoms. The summed E-state index contributed by atoms with van der Waals surface area (Å²) < 4.78 is 1.02. The average molecular weight is 326 g/mol. The summed E-state index contributed by atoms with van der Waals surface area (Å²) in [4.78, 5) is 12.9. The summed E-state index contributed by atoms with van der Waals surface area (Å²) in [6.45, 7) is 2.28. The molecule has 94 valence electrons. The standard InChI is InChI=1S/C13H12BrNO2S/c1-8-2-3-9(4-12(8)16)13(17)15-6-11-5-10(14)7-18-11/h2-5,7,16H,6H2,1H3,(H,15,17). The number of aryl methyl sites for hydroxylation is 1. The molecule has 0 bridgehead atoms. The number of aromatic hydroxyl groups is 1. The SMILES string of the molecule is Cc1ccc(C(=O)NCc2cc(Br)cs2)cc1O. The van der Waals surface area contributed by atoms with E-state index in [1.54, 1.807) is 30.4 Å². The Morgan fingerprint density at radius 3 is 2.83 bits per heavy atom. The van der Waals surface area contributed by atoms with Crippen molar-refractivity contribution in [1.29, 1.82) is 0 Å². The molecule has 1 amide bonds. The van der Waals surface area contributed by atoms with Crippen LogP contribution in [0.15, 0.2) is 34.1 Å². The molecule has 0 radical (unpaired) electrons. The highest BCUT2D eigenvalue weighted by molar-refractivity contribution is 9.10. The molecule has 0 aliphatic rings. The number of carbonyl (C=O) groups excluding carboxylic acids is 1. The van der Waals surface area contributed by atoms with E-state index in [1.807, 2.05) is 11.4 Å². The Kier molecular flexibility index (Phi) is 4.04. The molecule has 18 heavy (non-hydrogen) atoms. The van der Waals surface area contributed by atoms with E-state index < -0.39 is 0 Å². The van der Waals surface area contributed by atoms with Gasteiger partial charge in [-0.25, -0.2) is 0 Å². The Morgan fingerprint density at radius 2 is 2.22 bits per heavy atom. The molecule has 0 aliphatic carbocycles. The Balaban J connectivity index is 2.01. The molecule has 0 saturated carbocycles. The number of hydrogen-bond acceptors (Lipinski definition) is 3. The van der Waals surface area contributed by atoms with E-state index in [2.05, 4.69) is 21.2 Å². The molecule has 5 heteroatoms. The number of nitrogens with one attached hydrogen (secondary N) is 1. The molecule has 1 heterocycles. The molecule has 3 nitrogen and oxygen atoms in total. The van der Waals surface area contributed by atoms with Gasteiger partial charge in [0.05, 0.1) is 6.54 Å². The third kappa shape index (κ3) is 3.11. The monoisotopic (exact) mass is 325 g/mol. The van der Waals surface area contributed by atoms with Crippen LogP contribution in [0.2, 0.25) is 0 Å². The van der Waals surface area contributed by atoms with Crippen LogP contribution in [0.3, 0.4) is 0 Å². The van der Waals surface area contributed by atoms with E-state index in [9.17, 15) is 9.90 Å². The Labute approximate surface area is 118 Å². The molecule has 0 atom stereocenters. The highest BCUT2D eigenvalue weighted by atomic mass is 79.9. The minimum Gasteiger partial charge on any atom is -0.508 e. The quantitative estimate of drug-likeness (QED) is 0.908. The van der Waals surface area contributed by atoms with E-state index in [-0.39, 0.29) is 11.7 Å². The van der Waals surface area contributed by atoms with Gasteiger partial charge in [0.15, 0.2) is 0 Å². The molecule has 1 aromatic heterocycles. The summed E-state index contributed by atoms with van der Waals surface area (Å²) in [5, 5.41) is 14.3. The van der Waals surface area contributed by atoms with Crippen molar-refractivity contribution >= 4 is 33.2 Å². The zero-order valence-electron chi connectivity index (χ0n) is 9.74. The number of phenols is 1. The van der Waals surface area contributed by atoms with E-state index >= 15 is 0 Å². The van der Waals surface area contributed by atoms with Crippen molar-refractivity contribution in [2.45, 2.75) is 13.5 Å². The van der Waals surface area contributed by atoms with Gasteiger partial charge in [-0.1, -0.05) is 6.07 Å². The highest BCUT2D eigenvalue weighted by Gasteiger charge is 2.08. The van der Waals surface area contributed by atoms with Crippen LogP contribution >= 0.6 is 27.3 Å². The molecule has 0 saturated heterocycles. The number of carbonyl (C=O) groups is 1. The van der Waals surface area contributed by atoms with Gasteiger partial charge in [-0.2, -0.15) is 0 Å². The molecular weight excluding hydrogens is 314 g/mol. The number of hydrogen-bond donors (Lipinski definition) is 2. The maximum atomic E-state index is 11.9. The first kappa shape index (κ1) is 13.1. The normalized spacial score (nSPS) is 10.3.